The zero-order valence-electron chi connectivity index (χ0n) is 10.3. The van der Waals surface area contributed by atoms with Gasteiger partial charge in [0.15, 0.2) is 11.5 Å². The van der Waals surface area contributed by atoms with Crippen LogP contribution in [0.4, 0.5) is 8.78 Å². The molecule has 0 aliphatic carbocycles. The van der Waals surface area contributed by atoms with Crippen LogP contribution in [0, 0.1) is 4.77 Å². The Labute approximate surface area is 117 Å². The third-order valence-electron chi connectivity index (χ3n) is 2.27. The molecule has 20 heavy (non-hydrogen) atoms. The molecule has 0 fully saturated rings. The van der Waals surface area contributed by atoms with Crippen LogP contribution in [-0.4, -0.2) is 34.8 Å². The number of nitrogens with zero attached hydrogens (tertiary/aromatic N) is 3. The molecule has 1 aromatic carbocycles. The van der Waals surface area contributed by atoms with E-state index < -0.39 is 6.61 Å². The van der Waals surface area contributed by atoms with E-state index in [1.54, 1.807) is 6.07 Å². The highest BCUT2D eigenvalue weighted by molar-refractivity contribution is 7.71. The van der Waals surface area contributed by atoms with E-state index in [4.69, 9.17) is 17.0 Å². The summed E-state index contributed by atoms with van der Waals surface area (Å²) in [7, 11) is 1.37. The lowest BCUT2D eigenvalue weighted by Crippen LogP contribution is -2.04. The molecule has 2 aromatic rings. The van der Waals surface area contributed by atoms with Gasteiger partial charge < -0.3 is 9.47 Å². The average Bonchev–Trinajstić information content (AvgIpc) is 2.81. The number of methoxy groups -OCH3 is 1. The van der Waals surface area contributed by atoms with Crippen molar-refractivity contribution < 1.29 is 18.3 Å². The molecular formula is C11H10F2N4O2S. The largest absolute Gasteiger partial charge is 0.493 e. The number of nitrogens with one attached hydrogen (secondary N) is 1. The standard InChI is InChI=1S/C11H10F2N4O2S/c1-18-8-3-2-7(4-9(8)19-10(12)13)5-15-17-6-14-16-11(17)20/h2-6,10H,1H3,(H,16,20)/b15-5-. The normalized spacial score (nSPS) is 11.2. The summed E-state index contributed by atoms with van der Waals surface area (Å²) >= 11 is 4.91. The second-order valence-corrected chi connectivity index (χ2v) is 3.93. The van der Waals surface area contributed by atoms with E-state index in [2.05, 4.69) is 20.0 Å². The van der Waals surface area contributed by atoms with Gasteiger partial charge in [-0.15, -0.1) is 0 Å². The van der Waals surface area contributed by atoms with Crippen molar-refractivity contribution in [2.24, 2.45) is 5.10 Å². The topological polar surface area (TPSA) is 64.4 Å². The monoisotopic (exact) mass is 300 g/mol. The van der Waals surface area contributed by atoms with Crippen LogP contribution in [0.2, 0.25) is 0 Å². The lowest BCUT2D eigenvalue weighted by atomic mass is 10.2. The van der Waals surface area contributed by atoms with Crippen molar-refractivity contribution in [3.63, 3.8) is 0 Å². The van der Waals surface area contributed by atoms with Gasteiger partial charge in [-0.1, -0.05) is 0 Å². The molecule has 6 nitrogen and oxygen atoms in total. The molecule has 0 spiro atoms. The molecule has 1 heterocycles. The third kappa shape index (κ3) is 3.38. The molecule has 0 aliphatic rings. The maximum absolute atomic E-state index is 12.3. The van der Waals surface area contributed by atoms with E-state index in [-0.39, 0.29) is 11.5 Å². The first-order valence-corrected chi connectivity index (χ1v) is 5.80. The fourth-order valence-corrected chi connectivity index (χ4v) is 1.56. The maximum Gasteiger partial charge on any atom is 0.387 e. The second-order valence-electron chi connectivity index (χ2n) is 3.54. The zero-order chi connectivity index (χ0) is 14.5. The van der Waals surface area contributed by atoms with E-state index in [9.17, 15) is 8.78 Å². The van der Waals surface area contributed by atoms with Crippen LogP contribution in [0.3, 0.4) is 0 Å². The van der Waals surface area contributed by atoms with Crippen LogP contribution in [0.15, 0.2) is 29.6 Å². The number of rotatable bonds is 5. The van der Waals surface area contributed by atoms with Gasteiger partial charge in [0.25, 0.3) is 0 Å². The molecule has 1 aromatic heterocycles. The Bertz CT molecular complexity index is 668. The summed E-state index contributed by atoms with van der Waals surface area (Å²) in [6.45, 7) is -2.93. The molecule has 0 bridgehead atoms. The van der Waals surface area contributed by atoms with Crippen molar-refractivity contribution in [2.45, 2.75) is 6.61 Å². The number of aromatic amines is 1. The van der Waals surface area contributed by atoms with Gasteiger partial charge in [0, 0.05) is 0 Å². The second kappa shape index (κ2) is 6.24. The summed E-state index contributed by atoms with van der Waals surface area (Å²) in [6.07, 6.45) is 2.82. The molecule has 0 saturated carbocycles. The summed E-state index contributed by atoms with van der Waals surface area (Å²) in [5.41, 5.74) is 0.546. The van der Waals surface area contributed by atoms with Crippen LogP contribution in [0.5, 0.6) is 11.5 Å². The Hall–Kier alpha value is -2.29. The van der Waals surface area contributed by atoms with E-state index in [1.807, 2.05) is 0 Å². The minimum Gasteiger partial charge on any atom is -0.493 e. The number of hydrogen-bond acceptors (Lipinski definition) is 5. The van der Waals surface area contributed by atoms with Gasteiger partial charge in [0.1, 0.15) is 6.33 Å². The summed E-state index contributed by atoms with van der Waals surface area (Å²) in [6, 6.07) is 4.54. The predicted octanol–water partition coefficient (Wildman–Crippen LogP) is 2.43. The minimum atomic E-state index is -2.93. The average molecular weight is 300 g/mol. The Morgan fingerprint density at radius 2 is 2.25 bits per heavy atom. The number of ether oxygens (including phenoxy) is 2. The van der Waals surface area contributed by atoms with E-state index in [0.717, 1.165) is 0 Å². The Morgan fingerprint density at radius 3 is 2.85 bits per heavy atom. The van der Waals surface area contributed by atoms with Gasteiger partial charge in [-0.25, -0.2) is 0 Å². The van der Waals surface area contributed by atoms with E-state index in [0.29, 0.717) is 10.3 Å². The lowest BCUT2D eigenvalue weighted by molar-refractivity contribution is -0.0512. The number of hydrogen-bond donors (Lipinski definition) is 1. The number of benzene rings is 1. The van der Waals surface area contributed by atoms with Gasteiger partial charge in [0.05, 0.1) is 13.3 Å². The zero-order valence-corrected chi connectivity index (χ0v) is 11.1. The van der Waals surface area contributed by atoms with Crippen molar-refractivity contribution >= 4 is 18.4 Å². The molecule has 0 aliphatic heterocycles. The van der Waals surface area contributed by atoms with Crippen molar-refractivity contribution in [3.8, 4) is 11.5 Å². The Morgan fingerprint density at radius 1 is 1.45 bits per heavy atom. The summed E-state index contributed by atoms with van der Waals surface area (Å²) < 4.78 is 35.5. The van der Waals surface area contributed by atoms with Crippen LogP contribution in [0.1, 0.15) is 5.56 Å². The number of aromatic nitrogens is 3. The summed E-state index contributed by atoms with van der Waals surface area (Å²) in [4.78, 5) is 0. The van der Waals surface area contributed by atoms with Gasteiger partial charge in [-0.05, 0) is 36.0 Å². The quantitative estimate of drug-likeness (QED) is 0.680. The predicted molar refractivity (Wildman–Crippen MR) is 70.0 cm³/mol. The van der Waals surface area contributed by atoms with Crippen molar-refractivity contribution in [3.05, 3.63) is 34.9 Å². The van der Waals surface area contributed by atoms with E-state index >= 15 is 0 Å². The molecule has 0 unspecified atom stereocenters. The number of halogens is 2. The SMILES string of the molecule is COc1ccc(/C=N\n2cn[nH]c2=S)cc1OC(F)F. The fraction of sp³-hybridized carbons (Fsp3) is 0.182. The summed E-state index contributed by atoms with van der Waals surface area (Å²) in [5, 5.41) is 10.2. The number of H-pyrrole nitrogens is 1. The Balaban J connectivity index is 2.27. The molecule has 0 saturated heterocycles. The van der Waals surface area contributed by atoms with Crippen LogP contribution in [0.25, 0.3) is 0 Å². The molecule has 9 heteroatoms. The van der Waals surface area contributed by atoms with Crippen LogP contribution in [-0.2, 0) is 0 Å². The first-order valence-electron chi connectivity index (χ1n) is 5.39. The van der Waals surface area contributed by atoms with E-state index in [1.165, 1.54) is 36.5 Å². The lowest BCUT2D eigenvalue weighted by Gasteiger charge is -2.09. The number of alkyl halides is 2. The first kappa shape index (κ1) is 14.1. The van der Waals surface area contributed by atoms with Crippen molar-refractivity contribution in [1.82, 2.24) is 14.9 Å². The summed E-state index contributed by atoms with van der Waals surface area (Å²) in [5.74, 6) is 0.143. The molecule has 1 N–H and O–H groups in total. The molecular weight excluding hydrogens is 290 g/mol. The molecule has 2 rings (SSSR count). The minimum absolute atomic E-state index is 0.0674. The van der Waals surface area contributed by atoms with Crippen molar-refractivity contribution in [2.75, 3.05) is 7.11 Å². The highest BCUT2D eigenvalue weighted by Gasteiger charge is 2.10. The highest BCUT2D eigenvalue weighted by Crippen LogP contribution is 2.28. The molecule has 0 radical (unpaired) electrons. The fourth-order valence-electron chi connectivity index (χ4n) is 1.42. The van der Waals surface area contributed by atoms with Crippen LogP contribution < -0.4 is 9.47 Å². The van der Waals surface area contributed by atoms with Crippen LogP contribution >= 0.6 is 12.2 Å². The van der Waals surface area contributed by atoms with Gasteiger partial charge in [-0.3, -0.25) is 5.10 Å². The van der Waals surface area contributed by atoms with Gasteiger partial charge in [0.2, 0.25) is 4.77 Å². The smallest absolute Gasteiger partial charge is 0.387 e. The maximum atomic E-state index is 12.3. The molecule has 106 valence electrons. The Kier molecular flexibility index (Phi) is 4.41. The highest BCUT2D eigenvalue weighted by atomic mass is 32.1. The third-order valence-corrected chi connectivity index (χ3v) is 2.55. The molecule has 0 atom stereocenters. The van der Waals surface area contributed by atoms with Crippen molar-refractivity contribution in [1.29, 1.82) is 0 Å². The van der Waals surface area contributed by atoms with Gasteiger partial charge in [-0.2, -0.15) is 23.7 Å². The molecule has 0 amide bonds. The van der Waals surface area contributed by atoms with Gasteiger partial charge >= 0.3 is 6.61 Å². The first-order chi connectivity index (χ1) is 9.60.